The largest absolute Gasteiger partial charge is 0.493 e. The molecule has 0 unspecified atom stereocenters. The third-order valence-corrected chi connectivity index (χ3v) is 4.79. The van der Waals surface area contributed by atoms with Crippen LogP contribution in [0.15, 0.2) is 30.3 Å². The van der Waals surface area contributed by atoms with Gasteiger partial charge in [0.05, 0.1) is 35.0 Å². The van der Waals surface area contributed by atoms with Crippen LogP contribution in [-0.2, 0) is 0 Å². The van der Waals surface area contributed by atoms with Gasteiger partial charge in [-0.25, -0.2) is 4.98 Å². The maximum Gasteiger partial charge on any atom is 0.259 e. The number of amides is 1. The van der Waals surface area contributed by atoms with E-state index in [9.17, 15) is 4.79 Å². The molecular weight excluding hydrogens is 371 g/mol. The molecule has 1 heterocycles. The van der Waals surface area contributed by atoms with Crippen LogP contribution in [0.5, 0.6) is 11.5 Å². The molecule has 5 nitrogen and oxygen atoms in total. The third kappa shape index (κ3) is 3.26. The fourth-order valence-electron chi connectivity index (χ4n) is 2.14. The van der Waals surface area contributed by atoms with Gasteiger partial charge in [0.2, 0.25) is 0 Å². The number of benzene rings is 2. The molecule has 0 bridgehead atoms. The van der Waals surface area contributed by atoms with Crippen LogP contribution in [0.25, 0.3) is 10.2 Å². The van der Waals surface area contributed by atoms with E-state index in [4.69, 9.17) is 32.7 Å². The second kappa shape index (κ2) is 6.84. The van der Waals surface area contributed by atoms with E-state index in [-0.39, 0.29) is 5.91 Å². The zero-order chi connectivity index (χ0) is 17.3. The van der Waals surface area contributed by atoms with Gasteiger partial charge in [-0.3, -0.25) is 10.1 Å². The van der Waals surface area contributed by atoms with Crippen molar-refractivity contribution in [1.82, 2.24) is 4.98 Å². The van der Waals surface area contributed by atoms with E-state index >= 15 is 0 Å². The van der Waals surface area contributed by atoms with Gasteiger partial charge >= 0.3 is 0 Å². The number of nitrogens with one attached hydrogen (secondary N) is 1. The van der Waals surface area contributed by atoms with E-state index < -0.39 is 0 Å². The molecule has 24 heavy (non-hydrogen) atoms. The summed E-state index contributed by atoms with van der Waals surface area (Å²) in [6, 6.07) is 8.28. The molecule has 0 aliphatic heterocycles. The molecule has 0 radical (unpaired) electrons. The Kier molecular flexibility index (Phi) is 4.80. The fraction of sp³-hybridized carbons (Fsp3) is 0.125. The van der Waals surface area contributed by atoms with Crippen LogP contribution in [0, 0.1) is 0 Å². The number of nitrogens with zero attached hydrogens (tertiary/aromatic N) is 1. The molecule has 0 fully saturated rings. The predicted octanol–water partition coefficient (Wildman–Crippen LogP) is 4.87. The summed E-state index contributed by atoms with van der Waals surface area (Å²) in [6.45, 7) is 0. The molecule has 3 aromatic rings. The Morgan fingerprint density at radius 3 is 2.54 bits per heavy atom. The van der Waals surface area contributed by atoms with Gasteiger partial charge < -0.3 is 9.47 Å². The average Bonchev–Trinajstić information content (AvgIpc) is 2.96. The highest BCUT2D eigenvalue weighted by atomic mass is 35.5. The van der Waals surface area contributed by atoms with Gasteiger partial charge in [0.1, 0.15) is 0 Å². The monoisotopic (exact) mass is 382 g/mol. The van der Waals surface area contributed by atoms with Crippen molar-refractivity contribution >= 4 is 55.8 Å². The van der Waals surface area contributed by atoms with Crippen LogP contribution in [0.3, 0.4) is 0 Å². The normalized spacial score (nSPS) is 10.7. The number of carbonyl (C=O) groups excluding carboxylic acids is 1. The lowest BCUT2D eigenvalue weighted by atomic mass is 10.2. The number of carbonyl (C=O) groups is 1. The molecule has 0 saturated heterocycles. The Morgan fingerprint density at radius 1 is 1.12 bits per heavy atom. The lowest BCUT2D eigenvalue weighted by molar-refractivity contribution is 0.102. The molecule has 124 valence electrons. The van der Waals surface area contributed by atoms with Crippen molar-refractivity contribution in [2.24, 2.45) is 0 Å². The lowest BCUT2D eigenvalue weighted by Crippen LogP contribution is -2.12. The van der Waals surface area contributed by atoms with Gasteiger partial charge in [0.15, 0.2) is 16.6 Å². The molecule has 2 aromatic carbocycles. The third-order valence-electron chi connectivity index (χ3n) is 3.29. The maximum absolute atomic E-state index is 12.4. The Hall–Kier alpha value is -2.02. The topological polar surface area (TPSA) is 60.5 Å². The SMILES string of the molecule is COc1cc2nc(NC(=O)c3cc(Cl)ccc3Cl)sc2cc1OC. The zero-order valence-corrected chi connectivity index (χ0v) is 15.1. The standard InChI is InChI=1S/C16H12Cl2N2O3S/c1-22-12-6-11-14(7-13(12)23-2)24-16(19-11)20-15(21)9-5-8(17)3-4-10(9)18/h3-7H,1-2H3,(H,19,20,21). The first-order valence-electron chi connectivity index (χ1n) is 6.81. The smallest absolute Gasteiger partial charge is 0.259 e. The highest BCUT2D eigenvalue weighted by molar-refractivity contribution is 7.22. The molecule has 8 heteroatoms. The van der Waals surface area contributed by atoms with Gasteiger partial charge in [-0.05, 0) is 18.2 Å². The summed E-state index contributed by atoms with van der Waals surface area (Å²) >= 11 is 13.3. The van der Waals surface area contributed by atoms with E-state index in [0.717, 1.165) is 4.70 Å². The van der Waals surface area contributed by atoms with Crippen LogP contribution in [0.1, 0.15) is 10.4 Å². The number of fused-ring (bicyclic) bond motifs is 1. The van der Waals surface area contributed by atoms with E-state index in [1.165, 1.54) is 17.4 Å². The Morgan fingerprint density at radius 2 is 1.83 bits per heavy atom. The molecule has 1 N–H and O–H groups in total. The number of ether oxygens (including phenoxy) is 2. The number of methoxy groups -OCH3 is 2. The van der Waals surface area contributed by atoms with Crippen molar-refractivity contribution in [3.63, 3.8) is 0 Å². The highest BCUT2D eigenvalue weighted by Gasteiger charge is 2.15. The minimum atomic E-state index is -0.375. The second-order valence-electron chi connectivity index (χ2n) is 4.77. The number of aromatic nitrogens is 1. The Labute approximate surface area is 152 Å². The zero-order valence-electron chi connectivity index (χ0n) is 12.7. The minimum Gasteiger partial charge on any atom is -0.493 e. The number of hydrogen-bond acceptors (Lipinski definition) is 5. The van der Waals surface area contributed by atoms with Crippen molar-refractivity contribution in [3.8, 4) is 11.5 Å². The van der Waals surface area contributed by atoms with Crippen LogP contribution in [0.2, 0.25) is 10.0 Å². The van der Waals surface area contributed by atoms with E-state index in [1.807, 2.05) is 6.07 Å². The molecule has 0 saturated carbocycles. The Balaban J connectivity index is 1.92. The van der Waals surface area contributed by atoms with Crippen molar-refractivity contribution in [2.45, 2.75) is 0 Å². The summed E-state index contributed by atoms with van der Waals surface area (Å²) in [5, 5.41) is 3.93. The molecule has 1 aromatic heterocycles. The number of rotatable bonds is 4. The van der Waals surface area contributed by atoms with E-state index in [2.05, 4.69) is 10.3 Å². The van der Waals surface area contributed by atoms with Crippen molar-refractivity contribution in [2.75, 3.05) is 19.5 Å². The van der Waals surface area contributed by atoms with Crippen LogP contribution < -0.4 is 14.8 Å². The summed E-state index contributed by atoms with van der Waals surface area (Å²) < 4.78 is 11.4. The molecule has 3 rings (SSSR count). The average molecular weight is 383 g/mol. The number of thiazole rings is 1. The molecule has 0 aliphatic rings. The summed E-state index contributed by atoms with van der Waals surface area (Å²) in [7, 11) is 3.12. The molecular formula is C16H12Cl2N2O3S. The van der Waals surface area contributed by atoms with Crippen LogP contribution in [-0.4, -0.2) is 25.1 Å². The summed E-state index contributed by atoms with van der Waals surface area (Å²) in [5.74, 6) is 0.802. The van der Waals surface area contributed by atoms with Gasteiger partial charge in [0, 0.05) is 17.2 Å². The maximum atomic E-state index is 12.4. The van der Waals surface area contributed by atoms with Crippen LogP contribution >= 0.6 is 34.5 Å². The molecule has 0 atom stereocenters. The summed E-state index contributed by atoms with van der Waals surface area (Å²) in [6.07, 6.45) is 0. The number of halogens is 2. The van der Waals surface area contributed by atoms with Crippen LogP contribution in [0.4, 0.5) is 5.13 Å². The second-order valence-corrected chi connectivity index (χ2v) is 6.65. The lowest BCUT2D eigenvalue weighted by Gasteiger charge is -2.05. The number of anilines is 1. The van der Waals surface area contributed by atoms with Gasteiger partial charge in [-0.2, -0.15) is 0 Å². The van der Waals surface area contributed by atoms with E-state index in [1.54, 1.807) is 32.4 Å². The predicted molar refractivity (Wildman–Crippen MR) is 97.1 cm³/mol. The molecule has 0 spiro atoms. The summed E-state index contributed by atoms with van der Waals surface area (Å²) in [5.41, 5.74) is 0.990. The fourth-order valence-corrected chi connectivity index (χ4v) is 3.39. The van der Waals surface area contributed by atoms with Gasteiger partial charge in [-0.1, -0.05) is 34.5 Å². The molecule has 1 amide bonds. The van der Waals surface area contributed by atoms with Crippen molar-refractivity contribution in [3.05, 3.63) is 45.9 Å². The van der Waals surface area contributed by atoms with Gasteiger partial charge in [0.25, 0.3) is 5.91 Å². The quantitative estimate of drug-likeness (QED) is 0.698. The number of hydrogen-bond donors (Lipinski definition) is 1. The first-order valence-corrected chi connectivity index (χ1v) is 8.38. The minimum absolute atomic E-state index is 0.290. The van der Waals surface area contributed by atoms with Crippen molar-refractivity contribution in [1.29, 1.82) is 0 Å². The Bertz CT molecular complexity index is 886. The van der Waals surface area contributed by atoms with E-state index in [0.29, 0.717) is 37.8 Å². The first-order chi connectivity index (χ1) is 11.5. The van der Waals surface area contributed by atoms with Gasteiger partial charge in [-0.15, -0.1) is 0 Å². The summed E-state index contributed by atoms with van der Waals surface area (Å²) in [4.78, 5) is 16.8. The highest BCUT2D eigenvalue weighted by Crippen LogP contribution is 2.36. The van der Waals surface area contributed by atoms with Crippen molar-refractivity contribution < 1.29 is 14.3 Å². The molecule has 0 aliphatic carbocycles. The first kappa shape index (κ1) is 16.8.